The summed E-state index contributed by atoms with van der Waals surface area (Å²) in [6.07, 6.45) is 3.16. The number of anilines is 2. The number of nitrogens with zero attached hydrogens (tertiary/aromatic N) is 4. The Morgan fingerprint density at radius 2 is 1.86 bits per heavy atom. The van der Waals surface area contributed by atoms with Gasteiger partial charge in [-0.3, -0.25) is 9.59 Å². The topological polar surface area (TPSA) is 113 Å². The predicted octanol–water partition coefficient (Wildman–Crippen LogP) is 0.685. The van der Waals surface area contributed by atoms with Crippen LogP contribution >= 0.6 is 0 Å². The molecule has 1 aromatic carbocycles. The molecule has 0 atom stereocenters. The summed E-state index contributed by atoms with van der Waals surface area (Å²) in [5, 5.41) is 2.70. The molecule has 0 bridgehead atoms. The number of Topliss-reactive ketones (excluding diaryl/α,β-unsaturated/α-hetero) is 1. The molecule has 146 valence electrons. The number of amides is 1. The van der Waals surface area contributed by atoms with Crippen LogP contribution in [0, 0.1) is 0 Å². The summed E-state index contributed by atoms with van der Waals surface area (Å²) in [4.78, 5) is 33.3. The molecule has 4 rings (SSSR count). The van der Waals surface area contributed by atoms with E-state index in [1.54, 1.807) is 12.1 Å². The molecule has 1 fully saturated rings. The van der Waals surface area contributed by atoms with Gasteiger partial charge in [-0.1, -0.05) is 0 Å². The van der Waals surface area contributed by atoms with Gasteiger partial charge in [-0.05, 0) is 23.8 Å². The average Bonchev–Trinajstić information content (AvgIpc) is 3.07. The standard InChI is InChI=1S/C18H19N5O4S/c1-12(24)16-10-20-17(11-19-16)22-4-6-23(7-5-22)28(26,27)14-2-3-15-13(8-14)9-18(25)21-15/h2-3,8,10-11H,4-7,9H2,1H3,(H,21,25). The summed E-state index contributed by atoms with van der Waals surface area (Å²) in [7, 11) is -3.64. The van der Waals surface area contributed by atoms with Crippen molar-refractivity contribution in [1.82, 2.24) is 14.3 Å². The van der Waals surface area contributed by atoms with Crippen LogP contribution < -0.4 is 10.2 Å². The lowest BCUT2D eigenvalue weighted by Crippen LogP contribution is -2.49. The molecule has 10 heteroatoms. The SMILES string of the molecule is CC(=O)c1cnc(N2CCN(S(=O)(=O)c3ccc4c(c3)CC(=O)N4)CC2)cn1. The molecule has 1 N–H and O–H groups in total. The fourth-order valence-corrected chi connectivity index (χ4v) is 4.81. The quantitative estimate of drug-likeness (QED) is 0.750. The van der Waals surface area contributed by atoms with Gasteiger partial charge in [0.05, 0.1) is 23.7 Å². The van der Waals surface area contributed by atoms with Crippen LogP contribution in [0.2, 0.25) is 0 Å². The average molecular weight is 401 g/mol. The van der Waals surface area contributed by atoms with Crippen molar-refractivity contribution in [2.24, 2.45) is 0 Å². The third-order valence-corrected chi connectivity index (χ3v) is 6.80. The smallest absolute Gasteiger partial charge is 0.243 e. The van der Waals surface area contributed by atoms with Gasteiger partial charge in [0, 0.05) is 38.8 Å². The molecule has 2 aliphatic rings. The lowest BCUT2D eigenvalue weighted by molar-refractivity contribution is -0.115. The van der Waals surface area contributed by atoms with Gasteiger partial charge in [0.1, 0.15) is 11.5 Å². The second-order valence-corrected chi connectivity index (χ2v) is 8.69. The van der Waals surface area contributed by atoms with Gasteiger partial charge in [-0.25, -0.2) is 18.4 Å². The van der Waals surface area contributed by atoms with Crippen molar-refractivity contribution >= 4 is 33.2 Å². The molecule has 0 spiro atoms. The van der Waals surface area contributed by atoms with E-state index >= 15 is 0 Å². The van der Waals surface area contributed by atoms with Crippen LogP contribution in [0.4, 0.5) is 11.5 Å². The van der Waals surface area contributed by atoms with Crippen LogP contribution in [0.15, 0.2) is 35.5 Å². The van der Waals surface area contributed by atoms with Crippen molar-refractivity contribution in [2.75, 3.05) is 36.4 Å². The largest absolute Gasteiger partial charge is 0.353 e. The molecule has 2 aromatic rings. The van der Waals surface area contributed by atoms with Crippen molar-refractivity contribution in [3.05, 3.63) is 41.9 Å². The molecule has 1 saturated heterocycles. The molecular weight excluding hydrogens is 382 g/mol. The van der Waals surface area contributed by atoms with Crippen LogP contribution in [0.25, 0.3) is 0 Å². The van der Waals surface area contributed by atoms with E-state index in [2.05, 4.69) is 15.3 Å². The van der Waals surface area contributed by atoms with E-state index in [-0.39, 0.29) is 23.0 Å². The highest BCUT2D eigenvalue weighted by Gasteiger charge is 2.30. The maximum atomic E-state index is 13.0. The first-order chi connectivity index (χ1) is 13.3. The third-order valence-electron chi connectivity index (χ3n) is 4.90. The minimum Gasteiger partial charge on any atom is -0.353 e. The highest BCUT2D eigenvalue weighted by molar-refractivity contribution is 7.89. The van der Waals surface area contributed by atoms with Gasteiger partial charge in [-0.2, -0.15) is 4.31 Å². The number of sulfonamides is 1. The molecule has 0 radical (unpaired) electrons. The molecule has 2 aliphatic heterocycles. The van der Waals surface area contributed by atoms with E-state index in [1.165, 1.54) is 29.7 Å². The number of nitrogens with one attached hydrogen (secondary N) is 1. The lowest BCUT2D eigenvalue weighted by atomic mass is 10.2. The Bertz CT molecular complexity index is 1040. The second kappa shape index (κ2) is 6.95. The summed E-state index contributed by atoms with van der Waals surface area (Å²) >= 11 is 0. The van der Waals surface area contributed by atoms with E-state index in [0.29, 0.717) is 48.9 Å². The summed E-state index contributed by atoms with van der Waals surface area (Å²) in [5.41, 5.74) is 1.67. The minimum atomic E-state index is -3.64. The molecule has 1 aromatic heterocycles. The van der Waals surface area contributed by atoms with Crippen molar-refractivity contribution in [3.8, 4) is 0 Å². The van der Waals surface area contributed by atoms with Gasteiger partial charge in [0.2, 0.25) is 15.9 Å². The predicted molar refractivity (Wildman–Crippen MR) is 102 cm³/mol. The molecule has 0 saturated carbocycles. The van der Waals surface area contributed by atoms with E-state index < -0.39 is 10.0 Å². The number of piperazine rings is 1. The minimum absolute atomic E-state index is 0.130. The Balaban J connectivity index is 1.46. The molecule has 0 unspecified atom stereocenters. The number of benzene rings is 1. The van der Waals surface area contributed by atoms with E-state index in [4.69, 9.17) is 0 Å². The van der Waals surface area contributed by atoms with Crippen molar-refractivity contribution < 1.29 is 18.0 Å². The maximum absolute atomic E-state index is 13.0. The first-order valence-electron chi connectivity index (χ1n) is 8.85. The number of hydrogen-bond donors (Lipinski definition) is 1. The fourth-order valence-electron chi connectivity index (χ4n) is 3.34. The first kappa shape index (κ1) is 18.5. The summed E-state index contributed by atoms with van der Waals surface area (Å²) < 4.78 is 27.4. The summed E-state index contributed by atoms with van der Waals surface area (Å²) in [6, 6.07) is 4.73. The Labute approximate surface area is 162 Å². The van der Waals surface area contributed by atoms with Crippen molar-refractivity contribution in [1.29, 1.82) is 0 Å². The zero-order chi connectivity index (χ0) is 19.9. The monoisotopic (exact) mass is 401 g/mol. The molecule has 9 nitrogen and oxygen atoms in total. The second-order valence-electron chi connectivity index (χ2n) is 6.75. The van der Waals surface area contributed by atoms with E-state index in [0.717, 1.165) is 0 Å². The Kier molecular flexibility index (Phi) is 4.60. The van der Waals surface area contributed by atoms with Crippen LogP contribution in [0.1, 0.15) is 23.0 Å². The zero-order valence-corrected chi connectivity index (χ0v) is 16.1. The highest BCUT2D eigenvalue weighted by Crippen LogP contribution is 2.28. The number of aromatic nitrogens is 2. The van der Waals surface area contributed by atoms with Crippen LogP contribution in [-0.4, -0.2) is 60.6 Å². The van der Waals surface area contributed by atoms with Crippen LogP contribution in [0.5, 0.6) is 0 Å². The van der Waals surface area contributed by atoms with Crippen molar-refractivity contribution in [2.45, 2.75) is 18.2 Å². The normalized spacial score (nSPS) is 17.3. The first-order valence-corrected chi connectivity index (χ1v) is 10.3. The van der Waals surface area contributed by atoms with Gasteiger partial charge in [0.15, 0.2) is 5.78 Å². The van der Waals surface area contributed by atoms with Crippen LogP contribution in [-0.2, 0) is 21.2 Å². The zero-order valence-electron chi connectivity index (χ0n) is 15.3. The van der Waals surface area contributed by atoms with E-state index in [9.17, 15) is 18.0 Å². The molecule has 1 amide bonds. The molecule has 28 heavy (non-hydrogen) atoms. The molecule has 0 aliphatic carbocycles. The molecular formula is C18H19N5O4S. The van der Waals surface area contributed by atoms with Crippen LogP contribution in [0.3, 0.4) is 0 Å². The number of hydrogen-bond acceptors (Lipinski definition) is 7. The van der Waals surface area contributed by atoms with Gasteiger partial charge < -0.3 is 10.2 Å². The Hall–Kier alpha value is -2.85. The number of fused-ring (bicyclic) bond motifs is 1. The number of rotatable bonds is 4. The lowest BCUT2D eigenvalue weighted by Gasteiger charge is -2.34. The number of carbonyl (C=O) groups is 2. The van der Waals surface area contributed by atoms with Crippen molar-refractivity contribution in [3.63, 3.8) is 0 Å². The fraction of sp³-hybridized carbons (Fsp3) is 0.333. The number of ketones is 1. The van der Waals surface area contributed by atoms with Gasteiger partial charge in [-0.15, -0.1) is 0 Å². The summed E-state index contributed by atoms with van der Waals surface area (Å²) in [6.45, 7) is 2.99. The Morgan fingerprint density at radius 3 is 2.50 bits per heavy atom. The summed E-state index contributed by atoms with van der Waals surface area (Å²) in [5.74, 6) is 0.334. The van der Waals surface area contributed by atoms with E-state index in [1.807, 2.05) is 4.90 Å². The van der Waals surface area contributed by atoms with Gasteiger partial charge >= 0.3 is 0 Å². The Morgan fingerprint density at radius 1 is 1.11 bits per heavy atom. The highest BCUT2D eigenvalue weighted by atomic mass is 32.2. The van der Waals surface area contributed by atoms with Gasteiger partial charge in [0.25, 0.3) is 0 Å². The molecule has 3 heterocycles. The maximum Gasteiger partial charge on any atom is 0.243 e. The number of carbonyl (C=O) groups excluding carboxylic acids is 2. The third kappa shape index (κ3) is 3.36.